The molecular weight excluding hydrogens is 701 g/mol. The number of ether oxygens (including phenoxy) is 2. The molecule has 2 atom stereocenters. The summed E-state index contributed by atoms with van der Waals surface area (Å²) in [5.41, 5.74) is 1.64. The zero-order valence-electron chi connectivity index (χ0n) is 26.6. The second-order valence-corrected chi connectivity index (χ2v) is 14.2. The first-order valence-electron chi connectivity index (χ1n) is 15.6. The van der Waals surface area contributed by atoms with E-state index in [2.05, 4.69) is 21.2 Å². The fourth-order valence-electron chi connectivity index (χ4n) is 5.23. The van der Waals surface area contributed by atoms with E-state index in [1.807, 2.05) is 68.4 Å². The molecule has 0 spiro atoms. The van der Waals surface area contributed by atoms with Gasteiger partial charge < -0.3 is 19.7 Å². The van der Waals surface area contributed by atoms with Gasteiger partial charge in [0.2, 0.25) is 11.8 Å². The molecule has 12 heteroatoms. The molecule has 0 bridgehead atoms. The summed E-state index contributed by atoms with van der Waals surface area (Å²) in [6.45, 7) is 3.78. The molecule has 4 aromatic rings. The monoisotopic (exact) mass is 737 g/mol. The number of rotatable bonds is 13. The number of hydrogen-bond acceptors (Lipinski definition) is 6. The number of carbonyl (C=O) groups excluding carboxylic acids is 2. The average Bonchev–Trinajstić information content (AvgIpc) is 3.10. The lowest BCUT2D eigenvalue weighted by atomic mass is 10.0. The van der Waals surface area contributed by atoms with Crippen molar-refractivity contribution < 1.29 is 31.9 Å². The van der Waals surface area contributed by atoms with Crippen LogP contribution in [0.15, 0.2) is 106 Å². The molecular formula is C36H37BrFN3O6S. The van der Waals surface area contributed by atoms with Gasteiger partial charge in [-0.2, -0.15) is 0 Å². The highest BCUT2D eigenvalue weighted by Crippen LogP contribution is 2.34. The Hall–Kier alpha value is -4.42. The van der Waals surface area contributed by atoms with Gasteiger partial charge in [-0.1, -0.05) is 65.3 Å². The SMILES string of the molecule is CCC(C)NC(=O)C(Cc1ccccc1)N(Cc1ccc(Br)cc1)C(=O)CN(c1ccc(F)cc1)S(=O)(=O)c1ccc2c(c1)OCCO2. The first-order chi connectivity index (χ1) is 23.0. The Morgan fingerprint density at radius 3 is 2.23 bits per heavy atom. The van der Waals surface area contributed by atoms with E-state index < -0.39 is 34.3 Å². The van der Waals surface area contributed by atoms with E-state index in [1.165, 1.54) is 35.2 Å². The van der Waals surface area contributed by atoms with Crippen LogP contribution >= 0.6 is 15.9 Å². The molecule has 48 heavy (non-hydrogen) atoms. The molecule has 0 radical (unpaired) electrons. The fraction of sp³-hybridized carbons (Fsp3) is 0.278. The van der Waals surface area contributed by atoms with E-state index in [0.717, 1.165) is 32.0 Å². The van der Waals surface area contributed by atoms with E-state index in [1.54, 1.807) is 0 Å². The average molecular weight is 739 g/mol. The molecule has 2 amide bonds. The van der Waals surface area contributed by atoms with Crippen LogP contribution in [0.4, 0.5) is 10.1 Å². The highest BCUT2D eigenvalue weighted by molar-refractivity contribution is 9.10. The van der Waals surface area contributed by atoms with Gasteiger partial charge in [-0.3, -0.25) is 13.9 Å². The van der Waals surface area contributed by atoms with Crippen molar-refractivity contribution in [3.8, 4) is 11.5 Å². The largest absolute Gasteiger partial charge is 0.486 e. The highest BCUT2D eigenvalue weighted by atomic mass is 79.9. The number of sulfonamides is 1. The summed E-state index contributed by atoms with van der Waals surface area (Å²) in [6.07, 6.45) is 0.868. The zero-order valence-corrected chi connectivity index (χ0v) is 29.0. The van der Waals surface area contributed by atoms with Crippen molar-refractivity contribution in [3.63, 3.8) is 0 Å². The molecule has 1 N–H and O–H groups in total. The van der Waals surface area contributed by atoms with Crippen LogP contribution in [-0.2, 0) is 32.6 Å². The number of carbonyl (C=O) groups is 2. The maximum absolute atomic E-state index is 14.6. The van der Waals surface area contributed by atoms with Gasteiger partial charge in [0.1, 0.15) is 31.6 Å². The first kappa shape index (κ1) is 34.9. The van der Waals surface area contributed by atoms with Crippen LogP contribution in [0.25, 0.3) is 0 Å². The Balaban J connectivity index is 1.57. The van der Waals surface area contributed by atoms with Gasteiger partial charge in [-0.25, -0.2) is 12.8 Å². The standard InChI is InChI=1S/C36H37BrFN3O6S/c1-3-25(2)39-36(43)32(21-26-7-5-4-6-8-26)40(23-27-9-11-28(37)12-10-27)35(42)24-41(30-15-13-29(38)14-16-30)48(44,45)31-17-18-33-34(22-31)47-20-19-46-33/h4-18,22,25,32H,3,19-21,23-24H2,1-2H3,(H,39,43). The molecule has 1 heterocycles. The summed E-state index contributed by atoms with van der Waals surface area (Å²) < 4.78 is 55.6. The number of hydrogen-bond donors (Lipinski definition) is 1. The van der Waals surface area contributed by atoms with E-state index in [-0.39, 0.29) is 47.9 Å². The molecule has 4 aromatic carbocycles. The summed E-state index contributed by atoms with van der Waals surface area (Å²) >= 11 is 3.44. The molecule has 252 valence electrons. The van der Waals surface area contributed by atoms with Crippen molar-refractivity contribution in [2.45, 2.75) is 50.2 Å². The summed E-state index contributed by atoms with van der Waals surface area (Å²) in [5, 5.41) is 3.02. The molecule has 1 aliphatic rings. The Bertz CT molecular complexity index is 1830. The van der Waals surface area contributed by atoms with Crippen molar-refractivity contribution in [1.29, 1.82) is 0 Å². The maximum Gasteiger partial charge on any atom is 0.264 e. The molecule has 0 saturated carbocycles. The Morgan fingerprint density at radius 1 is 0.896 bits per heavy atom. The lowest BCUT2D eigenvalue weighted by molar-refractivity contribution is -0.140. The van der Waals surface area contributed by atoms with E-state index in [4.69, 9.17) is 9.47 Å². The third-order valence-electron chi connectivity index (χ3n) is 8.03. The summed E-state index contributed by atoms with van der Waals surface area (Å²) in [5.74, 6) is -0.885. The normalized spacial score (nSPS) is 13.7. The topological polar surface area (TPSA) is 105 Å². The van der Waals surface area contributed by atoms with Crippen LogP contribution in [0.1, 0.15) is 31.4 Å². The Morgan fingerprint density at radius 2 is 1.56 bits per heavy atom. The minimum Gasteiger partial charge on any atom is -0.486 e. The predicted molar refractivity (Wildman–Crippen MR) is 185 cm³/mol. The summed E-state index contributed by atoms with van der Waals surface area (Å²) in [4.78, 5) is 29.8. The fourth-order valence-corrected chi connectivity index (χ4v) is 6.92. The number of benzene rings is 4. The number of nitrogens with one attached hydrogen (secondary N) is 1. The Kier molecular flexibility index (Phi) is 11.4. The lowest BCUT2D eigenvalue weighted by Crippen LogP contribution is -2.54. The van der Waals surface area contributed by atoms with E-state index in [9.17, 15) is 22.4 Å². The summed E-state index contributed by atoms with van der Waals surface area (Å²) in [6, 6.07) is 24.6. The van der Waals surface area contributed by atoms with Crippen LogP contribution in [-0.4, -0.2) is 57.0 Å². The van der Waals surface area contributed by atoms with Gasteiger partial charge in [0.25, 0.3) is 10.0 Å². The molecule has 0 fully saturated rings. The lowest BCUT2D eigenvalue weighted by Gasteiger charge is -2.34. The minimum absolute atomic E-state index is 0.0267. The highest BCUT2D eigenvalue weighted by Gasteiger charge is 2.35. The van der Waals surface area contributed by atoms with Gasteiger partial charge >= 0.3 is 0 Å². The van der Waals surface area contributed by atoms with Crippen molar-refractivity contribution in [2.24, 2.45) is 0 Å². The zero-order chi connectivity index (χ0) is 34.3. The second kappa shape index (κ2) is 15.7. The number of nitrogens with zero attached hydrogens (tertiary/aromatic N) is 2. The molecule has 9 nitrogen and oxygen atoms in total. The van der Waals surface area contributed by atoms with Crippen LogP contribution in [0.5, 0.6) is 11.5 Å². The molecule has 0 aromatic heterocycles. The minimum atomic E-state index is -4.41. The van der Waals surface area contributed by atoms with E-state index in [0.29, 0.717) is 18.8 Å². The summed E-state index contributed by atoms with van der Waals surface area (Å²) in [7, 11) is -4.41. The van der Waals surface area contributed by atoms with Gasteiger partial charge in [0.05, 0.1) is 10.6 Å². The number of amides is 2. The van der Waals surface area contributed by atoms with Crippen molar-refractivity contribution in [2.75, 3.05) is 24.1 Å². The quantitative estimate of drug-likeness (QED) is 0.178. The van der Waals surface area contributed by atoms with E-state index >= 15 is 0 Å². The van der Waals surface area contributed by atoms with Crippen LogP contribution in [0, 0.1) is 5.82 Å². The smallest absolute Gasteiger partial charge is 0.264 e. The molecule has 5 rings (SSSR count). The van der Waals surface area contributed by atoms with Gasteiger partial charge in [-0.05, 0) is 73.0 Å². The van der Waals surface area contributed by atoms with Crippen molar-refractivity contribution in [3.05, 3.63) is 118 Å². The van der Waals surface area contributed by atoms with Gasteiger partial charge in [-0.15, -0.1) is 0 Å². The number of fused-ring (bicyclic) bond motifs is 1. The van der Waals surface area contributed by atoms with Gasteiger partial charge in [0.15, 0.2) is 11.5 Å². The first-order valence-corrected chi connectivity index (χ1v) is 17.8. The number of anilines is 1. The molecule has 2 unspecified atom stereocenters. The van der Waals surface area contributed by atoms with Crippen LogP contribution in [0.2, 0.25) is 0 Å². The molecule has 1 aliphatic heterocycles. The van der Waals surface area contributed by atoms with Gasteiger partial charge in [0, 0.05) is 29.5 Å². The van der Waals surface area contributed by atoms with Crippen molar-refractivity contribution in [1.82, 2.24) is 10.2 Å². The molecule has 0 saturated heterocycles. The van der Waals surface area contributed by atoms with Crippen LogP contribution in [0.3, 0.4) is 0 Å². The van der Waals surface area contributed by atoms with Crippen LogP contribution < -0.4 is 19.1 Å². The van der Waals surface area contributed by atoms with Crippen molar-refractivity contribution >= 4 is 43.5 Å². The predicted octanol–water partition coefficient (Wildman–Crippen LogP) is 6.11. The number of halogens is 2. The molecule has 0 aliphatic carbocycles. The maximum atomic E-state index is 14.6. The Labute approximate surface area is 288 Å². The third kappa shape index (κ3) is 8.53. The third-order valence-corrected chi connectivity index (χ3v) is 10.3. The second-order valence-electron chi connectivity index (χ2n) is 11.5.